The number of imidazole rings is 1. The monoisotopic (exact) mass is 204 g/mol. The van der Waals surface area contributed by atoms with Crippen molar-refractivity contribution in [3.63, 3.8) is 0 Å². The molecule has 0 aliphatic carbocycles. The summed E-state index contributed by atoms with van der Waals surface area (Å²) in [5.74, 6) is 0.872. The highest BCUT2D eigenvalue weighted by Gasteiger charge is 2.02. The third-order valence-corrected chi connectivity index (χ3v) is 2.21. The van der Waals surface area contributed by atoms with E-state index in [4.69, 9.17) is 5.11 Å². The minimum Gasteiger partial charge on any atom is -0.508 e. The fourth-order valence-electron chi connectivity index (χ4n) is 1.49. The van der Waals surface area contributed by atoms with Crippen LogP contribution in [0.1, 0.15) is 11.4 Å². The van der Waals surface area contributed by atoms with Crippen molar-refractivity contribution in [2.24, 2.45) is 0 Å². The minimum absolute atomic E-state index is 0.0776. The Morgan fingerprint density at radius 3 is 2.93 bits per heavy atom. The number of phenols is 1. The molecule has 0 aliphatic heterocycles. The molecule has 2 N–H and O–H groups in total. The van der Waals surface area contributed by atoms with Crippen LogP contribution in [0.3, 0.4) is 0 Å². The lowest BCUT2D eigenvalue weighted by molar-refractivity contribution is 0.266. The van der Waals surface area contributed by atoms with E-state index in [1.54, 1.807) is 30.6 Å². The van der Waals surface area contributed by atoms with Gasteiger partial charge in [0.05, 0.1) is 0 Å². The zero-order chi connectivity index (χ0) is 10.7. The zero-order valence-corrected chi connectivity index (χ0v) is 8.17. The van der Waals surface area contributed by atoms with Gasteiger partial charge in [-0.1, -0.05) is 12.1 Å². The van der Waals surface area contributed by atoms with Crippen LogP contribution in [0, 0.1) is 0 Å². The van der Waals surface area contributed by atoms with Crippen molar-refractivity contribution >= 4 is 0 Å². The number of rotatable bonds is 3. The number of aromatic nitrogens is 2. The summed E-state index contributed by atoms with van der Waals surface area (Å²) >= 11 is 0. The van der Waals surface area contributed by atoms with Gasteiger partial charge in [-0.15, -0.1) is 0 Å². The summed E-state index contributed by atoms with van der Waals surface area (Å²) in [4.78, 5) is 4.00. The molecular formula is C11H12N2O2. The van der Waals surface area contributed by atoms with Gasteiger partial charge in [-0.3, -0.25) is 0 Å². The van der Waals surface area contributed by atoms with E-state index in [0.29, 0.717) is 12.4 Å². The largest absolute Gasteiger partial charge is 0.508 e. The van der Waals surface area contributed by atoms with Gasteiger partial charge in [-0.2, -0.15) is 0 Å². The van der Waals surface area contributed by atoms with E-state index >= 15 is 0 Å². The standard InChI is InChI=1S/C11H12N2O2/c14-8-11-12-4-5-13(11)7-9-2-1-3-10(15)6-9/h1-6,14-15H,7-8H2. The summed E-state index contributed by atoms with van der Waals surface area (Å²) in [6, 6.07) is 7.03. The lowest BCUT2D eigenvalue weighted by Crippen LogP contribution is -2.03. The SMILES string of the molecule is OCc1nccn1Cc1cccc(O)c1. The van der Waals surface area contributed by atoms with Gasteiger partial charge in [0, 0.05) is 18.9 Å². The number of aromatic hydroxyl groups is 1. The van der Waals surface area contributed by atoms with Crippen LogP contribution >= 0.6 is 0 Å². The van der Waals surface area contributed by atoms with E-state index in [9.17, 15) is 5.11 Å². The Morgan fingerprint density at radius 2 is 2.20 bits per heavy atom. The fraction of sp³-hybridized carbons (Fsp3) is 0.182. The molecule has 78 valence electrons. The lowest BCUT2D eigenvalue weighted by Gasteiger charge is -2.06. The van der Waals surface area contributed by atoms with Crippen LogP contribution in [0.25, 0.3) is 0 Å². The number of aliphatic hydroxyl groups excluding tert-OH is 1. The van der Waals surface area contributed by atoms with Crippen molar-refractivity contribution in [2.45, 2.75) is 13.2 Å². The van der Waals surface area contributed by atoms with Crippen molar-refractivity contribution < 1.29 is 10.2 Å². The van der Waals surface area contributed by atoms with E-state index in [0.717, 1.165) is 5.56 Å². The lowest BCUT2D eigenvalue weighted by atomic mass is 10.2. The number of benzene rings is 1. The molecule has 0 unspecified atom stereocenters. The van der Waals surface area contributed by atoms with Crippen LogP contribution in [-0.2, 0) is 13.2 Å². The van der Waals surface area contributed by atoms with Crippen LogP contribution in [0.4, 0.5) is 0 Å². The van der Waals surface area contributed by atoms with Gasteiger partial charge in [0.2, 0.25) is 0 Å². The molecule has 0 atom stereocenters. The number of nitrogens with zero attached hydrogens (tertiary/aromatic N) is 2. The van der Waals surface area contributed by atoms with Gasteiger partial charge in [-0.05, 0) is 17.7 Å². The zero-order valence-electron chi connectivity index (χ0n) is 8.17. The molecule has 1 aromatic carbocycles. The first kappa shape index (κ1) is 9.73. The smallest absolute Gasteiger partial charge is 0.134 e. The number of hydrogen-bond donors (Lipinski definition) is 2. The van der Waals surface area contributed by atoms with Gasteiger partial charge in [0.25, 0.3) is 0 Å². The molecular weight excluding hydrogens is 192 g/mol. The molecule has 2 rings (SSSR count). The van der Waals surface area contributed by atoms with Gasteiger partial charge in [0.15, 0.2) is 0 Å². The maximum absolute atomic E-state index is 9.29. The third kappa shape index (κ3) is 2.16. The molecule has 2 aromatic rings. The molecule has 0 saturated heterocycles. The van der Waals surface area contributed by atoms with Gasteiger partial charge in [-0.25, -0.2) is 4.98 Å². The minimum atomic E-state index is -0.0776. The second kappa shape index (κ2) is 4.14. The molecule has 0 amide bonds. The average Bonchev–Trinajstić information content (AvgIpc) is 2.65. The average molecular weight is 204 g/mol. The van der Waals surface area contributed by atoms with E-state index in [1.165, 1.54) is 0 Å². The van der Waals surface area contributed by atoms with E-state index in [1.807, 2.05) is 10.6 Å². The van der Waals surface area contributed by atoms with Crippen molar-refractivity contribution in [3.8, 4) is 5.75 Å². The Labute approximate surface area is 87.4 Å². The number of phenolic OH excluding ortho intramolecular Hbond substituents is 1. The molecule has 0 bridgehead atoms. The Bertz CT molecular complexity index is 451. The molecule has 1 aromatic heterocycles. The van der Waals surface area contributed by atoms with Crippen molar-refractivity contribution in [2.75, 3.05) is 0 Å². The number of hydrogen-bond acceptors (Lipinski definition) is 3. The van der Waals surface area contributed by atoms with Crippen LogP contribution in [-0.4, -0.2) is 19.8 Å². The fourth-order valence-corrected chi connectivity index (χ4v) is 1.49. The Hall–Kier alpha value is -1.81. The molecule has 0 radical (unpaired) electrons. The quantitative estimate of drug-likeness (QED) is 0.788. The summed E-state index contributed by atoms with van der Waals surface area (Å²) in [5, 5.41) is 18.3. The highest BCUT2D eigenvalue weighted by molar-refractivity contribution is 5.27. The Balaban J connectivity index is 2.22. The Morgan fingerprint density at radius 1 is 1.33 bits per heavy atom. The maximum atomic E-state index is 9.29. The second-order valence-corrected chi connectivity index (χ2v) is 3.30. The van der Waals surface area contributed by atoms with Crippen molar-refractivity contribution in [1.29, 1.82) is 0 Å². The molecule has 0 fully saturated rings. The first-order valence-corrected chi connectivity index (χ1v) is 4.68. The molecule has 0 saturated carbocycles. The van der Waals surface area contributed by atoms with E-state index in [-0.39, 0.29) is 12.4 Å². The molecule has 4 heteroatoms. The van der Waals surface area contributed by atoms with Crippen molar-refractivity contribution in [3.05, 3.63) is 48.0 Å². The van der Waals surface area contributed by atoms with Gasteiger partial charge >= 0.3 is 0 Å². The van der Waals surface area contributed by atoms with Crippen LogP contribution in [0.2, 0.25) is 0 Å². The van der Waals surface area contributed by atoms with Gasteiger partial charge in [0.1, 0.15) is 18.2 Å². The highest BCUT2D eigenvalue weighted by Crippen LogP contribution is 2.12. The predicted octanol–water partition coefficient (Wildman–Crippen LogP) is 1.13. The van der Waals surface area contributed by atoms with Crippen LogP contribution in [0.5, 0.6) is 5.75 Å². The summed E-state index contributed by atoms with van der Waals surface area (Å²) in [6.45, 7) is 0.524. The summed E-state index contributed by atoms with van der Waals surface area (Å²) < 4.78 is 1.84. The number of aliphatic hydroxyl groups is 1. The molecule has 4 nitrogen and oxygen atoms in total. The highest BCUT2D eigenvalue weighted by atomic mass is 16.3. The molecule has 0 aliphatic rings. The topological polar surface area (TPSA) is 58.3 Å². The predicted molar refractivity (Wildman–Crippen MR) is 55.4 cm³/mol. The van der Waals surface area contributed by atoms with Crippen LogP contribution < -0.4 is 0 Å². The first-order chi connectivity index (χ1) is 7.29. The van der Waals surface area contributed by atoms with Gasteiger partial charge < -0.3 is 14.8 Å². The third-order valence-electron chi connectivity index (χ3n) is 2.21. The molecule has 0 spiro atoms. The maximum Gasteiger partial charge on any atom is 0.134 e. The first-order valence-electron chi connectivity index (χ1n) is 4.68. The molecule has 1 heterocycles. The molecule has 15 heavy (non-hydrogen) atoms. The summed E-state index contributed by atoms with van der Waals surface area (Å²) in [5.41, 5.74) is 0.975. The second-order valence-electron chi connectivity index (χ2n) is 3.30. The van der Waals surface area contributed by atoms with E-state index in [2.05, 4.69) is 4.98 Å². The van der Waals surface area contributed by atoms with Crippen LogP contribution in [0.15, 0.2) is 36.7 Å². The van der Waals surface area contributed by atoms with Crippen molar-refractivity contribution in [1.82, 2.24) is 9.55 Å². The normalized spacial score (nSPS) is 10.5. The summed E-state index contributed by atoms with van der Waals surface area (Å²) in [6.07, 6.45) is 3.45. The summed E-state index contributed by atoms with van der Waals surface area (Å²) in [7, 11) is 0. The van der Waals surface area contributed by atoms with E-state index < -0.39 is 0 Å². The Kier molecular flexibility index (Phi) is 2.69.